The van der Waals surface area contributed by atoms with Crippen molar-refractivity contribution in [2.24, 2.45) is 5.73 Å². The molecule has 0 amide bonds. The van der Waals surface area contributed by atoms with E-state index in [1.54, 1.807) is 0 Å². The highest BCUT2D eigenvalue weighted by Crippen LogP contribution is 2.30. The van der Waals surface area contributed by atoms with Gasteiger partial charge in [-0.2, -0.15) is 0 Å². The Hall–Kier alpha value is -1.62. The van der Waals surface area contributed by atoms with E-state index in [9.17, 15) is 0 Å². The molecule has 5 heteroatoms. The molecule has 0 spiro atoms. The lowest BCUT2D eigenvalue weighted by Crippen LogP contribution is -2.27. The van der Waals surface area contributed by atoms with Crippen LogP contribution in [-0.4, -0.2) is 16.4 Å². The fourth-order valence-electron chi connectivity index (χ4n) is 2.11. The third kappa shape index (κ3) is 1.44. The molecule has 1 unspecified atom stereocenters. The lowest BCUT2D eigenvalue weighted by Gasteiger charge is -2.15. The van der Waals surface area contributed by atoms with E-state index in [1.165, 1.54) is 0 Å². The van der Waals surface area contributed by atoms with Crippen LogP contribution in [0.2, 0.25) is 0 Å². The first-order valence-corrected chi connectivity index (χ1v) is 5.40. The molecule has 1 aliphatic carbocycles. The van der Waals surface area contributed by atoms with Gasteiger partial charge >= 0.3 is 0 Å². The molecule has 2 N–H and O–H groups in total. The van der Waals surface area contributed by atoms with Gasteiger partial charge in [0.1, 0.15) is 22.9 Å². The SMILES string of the molecule is Cc1cc(-c2noc3c2CCC(N)C3)no1. The molecule has 16 heavy (non-hydrogen) atoms. The summed E-state index contributed by atoms with van der Waals surface area (Å²) in [5, 5.41) is 8.02. The molecule has 5 nitrogen and oxygen atoms in total. The highest BCUT2D eigenvalue weighted by atomic mass is 16.5. The molecule has 0 saturated heterocycles. The normalized spacial score (nSPS) is 19.8. The first-order chi connectivity index (χ1) is 7.74. The van der Waals surface area contributed by atoms with Crippen molar-refractivity contribution in [1.29, 1.82) is 0 Å². The Balaban J connectivity index is 2.03. The fraction of sp³-hybridized carbons (Fsp3) is 0.455. The molecule has 1 atom stereocenters. The topological polar surface area (TPSA) is 78.1 Å². The van der Waals surface area contributed by atoms with E-state index in [0.29, 0.717) is 0 Å². The maximum Gasteiger partial charge on any atom is 0.142 e. The summed E-state index contributed by atoms with van der Waals surface area (Å²) in [7, 11) is 0. The predicted octanol–water partition coefficient (Wildman–Crippen LogP) is 1.45. The zero-order chi connectivity index (χ0) is 11.1. The van der Waals surface area contributed by atoms with Gasteiger partial charge in [-0.1, -0.05) is 10.3 Å². The van der Waals surface area contributed by atoms with E-state index in [1.807, 2.05) is 13.0 Å². The smallest absolute Gasteiger partial charge is 0.142 e. The summed E-state index contributed by atoms with van der Waals surface area (Å²) in [5.74, 6) is 1.67. The molecule has 0 aliphatic heterocycles. The Morgan fingerprint density at radius 3 is 3.00 bits per heavy atom. The third-order valence-electron chi connectivity index (χ3n) is 2.95. The third-order valence-corrected chi connectivity index (χ3v) is 2.95. The van der Waals surface area contributed by atoms with Crippen LogP contribution in [0.25, 0.3) is 11.4 Å². The summed E-state index contributed by atoms with van der Waals surface area (Å²) in [6.45, 7) is 1.86. The van der Waals surface area contributed by atoms with Crippen molar-refractivity contribution in [3.63, 3.8) is 0 Å². The molecular formula is C11H13N3O2. The average molecular weight is 219 g/mol. The van der Waals surface area contributed by atoms with Crippen molar-refractivity contribution < 1.29 is 9.05 Å². The Labute approximate surface area is 92.6 Å². The fourth-order valence-corrected chi connectivity index (χ4v) is 2.11. The second-order valence-corrected chi connectivity index (χ2v) is 4.26. The maximum absolute atomic E-state index is 5.88. The van der Waals surface area contributed by atoms with Crippen LogP contribution in [0.3, 0.4) is 0 Å². The molecule has 0 bridgehead atoms. The Morgan fingerprint density at radius 2 is 2.25 bits per heavy atom. The summed E-state index contributed by atoms with van der Waals surface area (Å²) in [4.78, 5) is 0. The van der Waals surface area contributed by atoms with E-state index in [4.69, 9.17) is 14.8 Å². The Bertz CT molecular complexity index is 515. The lowest BCUT2D eigenvalue weighted by atomic mass is 9.92. The van der Waals surface area contributed by atoms with Gasteiger partial charge in [0, 0.05) is 24.1 Å². The predicted molar refractivity (Wildman–Crippen MR) is 56.7 cm³/mol. The first-order valence-electron chi connectivity index (χ1n) is 5.40. The van der Waals surface area contributed by atoms with Crippen molar-refractivity contribution in [2.45, 2.75) is 32.2 Å². The molecule has 0 fully saturated rings. The highest BCUT2D eigenvalue weighted by Gasteiger charge is 2.25. The van der Waals surface area contributed by atoms with Crippen molar-refractivity contribution in [3.05, 3.63) is 23.2 Å². The van der Waals surface area contributed by atoms with Crippen LogP contribution in [0.1, 0.15) is 23.5 Å². The van der Waals surface area contributed by atoms with E-state index in [2.05, 4.69) is 10.3 Å². The van der Waals surface area contributed by atoms with Gasteiger partial charge in [0.25, 0.3) is 0 Å². The standard InChI is InChI=1S/C11H13N3O2/c1-6-4-9(13-15-6)11-8-3-2-7(12)5-10(8)16-14-11/h4,7H,2-3,5,12H2,1H3. The van der Waals surface area contributed by atoms with Gasteiger partial charge in [0.05, 0.1) is 0 Å². The van der Waals surface area contributed by atoms with Gasteiger partial charge in [0.2, 0.25) is 0 Å². The molecule has 0 aromatic carbocycles. The number of hydrogen-bond acceptors (Lipinski definition) is 5. The summed E-state index contributed by atoms with van der Waals surface area (Å²) in [6, 6.07) is 2.06. The molecule has 84 valence electrons. The molecule has 2 heterocycles. The van der Waals surface area contributed by atoms with Crippen molar-refractivity contribution in [2.75, 3.05) is 0 Å². The van der Waals surface area contributed by atoms with Crippen LogP contribution in [0.4, 0.5) is 0 Å². The van der Waals surface area contributed by atoms with E-state index >= 15 is 0 Å². The Morgan fingerprint density at radius 1 is 1.38 bits per heavy atom. The minimum Gasteiger partial charge on any atom is -0.361 e. The van der Waals surface area contributed by atoms with Gasteiger partial charge in [-0.15, -0.1) is 0 Å². The molecule has 3 rings (SSSR count). The Kier molecular flexibility index (Phi) is 2.07. The average Bonchev–Trinajstić information content (AvgIpc) is 2.83. The summed E-state index contributed by atoms with van der Waals surface area (Å²) in [6.07, 6.45) is 2.64. The number of hydrogen-bond donors (Lipinski definition) is 1. The van der Waals surface area contributed by atoms with Gasteiger partial charge in [-0.3, -0.25) is 0 Å². The van der Waals surface area contributed by atoms with Crippen molar-refractivity contribution in [3.8, 4) is 11.4 Å². The molecule has 0 radical (unpaired) electrons. The van der Waals surface area contributed by atoms with Crippen LogP contribution < -0.4 is 5.73 Å². The molecule has 0 saturated carbocycles. The van der Waals surface area contributed by atoms with Crippen molar-refractivity contribution >= 4 is 0 Å². The van der Waals surface area contributed by atoms with E-state index in [0.717, 1.165) is 47.7 Å². The second-order valence-electron chi connectivity index (χ2n) is 4.26. The molecule has 2 aromatic rings. The number of fused-ring (bicyclic) bond motifs is 1. The van der Waals surface area contributed by atoms with E-state index in [-0.39, 0.29) is 6.04 Å². The van der Waals surface area contributed by atoms with Crippen molar-refractivity contribution in [1.82, 2.24) is 10.3 Å². The second kappa shape index (κ2) is 3.45. The largest absolute Gasteiger partial charge is 0.361 e. The maximum atomic E-state index is 5.88. The lowest BCUT2D eigenvalue weighted by molar-refractivity contribution is 0.362. The van der Waals surface area contributed by atoms with Gasteiger partial charge in [0.15, 0.2) is 0 Å². The van der Waals surface area contributed by atoms with Crippen LogP contribution in [0, 0.1) is 6.92 Å². The summed E-state index contributed by atoms with van der Waals surface area (Å²) < 4.78 is 10.4. The van der Waals surface area contributed by atoms with Gasteiger partial charge in [-0.05, 0) is 19.8 Å². The van der Waals surface area contributed by atoms with E-state index < -0.39 is 0 Å². The van der Waals surface area contributed by atoms with Crippen LogP contribution in [0.15, 0.2) is 15.1 Å². The van der Waals surface area contributed by atoms with Gasteiger partial charge < -0.3 is 14.8 Å². The first kappa shape index (κ1) is 9.59. The minimum atomic E-state index is 0.187. The van der Waals surface area contributed by atoms with Crippen LogP contribution in [0.5, 0.6) is 0 Å². The van der Waals surface area contributed by atoms with Crippen LogP contribution >= 0.6 is 0 Å². The minimum absolute atomic E-state index is 0.187. The van der Waals surface area contributed by atoms with Gasteiger partial charge in [-0.25, -0.2) is 0 Å². The number of aromatic nitrogens is 2. The molecule has 1 aliphatic rings. The zero-order valence-corrected chi connectivity index (χ0v) is 9.06. The monoisotopic (exact) mass is 219 g/mol. The highest BCUT2D eigenvalue weighted by molar-refractivity contribution is 5.59. The van der Waals surface area contributed by atoms with Crippen LogP contribution in [-0.2, 0) is 12.8 Å². The summed E-state index contributed by atoms with van der Waals surface area (Å²) >= 11 is 0. The number of nitrogens with two attached hydrogens (primary N) is 1. The molecular weight excluding hydrogens is 206 g/mol. The number of aryl methyl sites for hydroxylation is 1. The number of nitrogens with zero attached hydrogens (tertiary/aromatic N) is 2. The number of rotatable bonds is 1. The molecule has 2 aromatic heterocycles. The quantitative estimate of drug-likeness (QED) is 0.785. The zero-order valence-electron chi connectivity index (χ0n) is 9.06. The summed E-state index contributed by atoms with van der Waals surface area (Å²) in [5.41, 5.74) is 8.57.